The van der Waals surface area contributed by atoms with E-state index >= 15 is 0 Å². The third-order valence-electron chi connectivity index (χ3n) is 4.64. The van der Waals surface area contributed by atoms with Crippen LogP contribution < -0.4 is 5.32 Å². The van der Waals surface area contributed by atoms with Gasteiger partial charge in [0.2, 0.25) is 0 Å². The highest BCUT2D eigenvalue weighted by atomic mass is 79.9. The van der Waals surface area contributed by atoms with Gasteiger partial charge >= 0.3 is 0 Å². The molecule has 0 aliphatic heterocycles. The number of hydrogen-bond donors (Lipinski definition) is 3. The Labute approximate surface area is 135 Å². The highest BCUT2D eigenvalue weighted by Gasteiger charge is 2.32. The molecule has 118 valence electrons. The van der Waals surface area contributed by atoms with Crippen molar-refractivity contribution in [2.75, 3.05) is 13.1 Å². The fourth-order valence-electron chi connectivity index (χ4n) is 3.07. The Morgan fingerprint density at radius 3 is 2.71 bits per heavy atom. The van der Waals surface area contributed by atoms with Crippen LogP contribution in [-0.4, -0.2) is 28.9 Å². The Hall–Kier alpha value is -0.420. The van der Waals surface area contributed by atoms with E-state index in [1.54, 1.807) is 0 Å². The van der Waals surface area contributed by atoms with Gasteiger partial charge in [-0.1, -0.05) is 41.4 Å². The van der Waals surface area contributed by atoms with E-state index in [-0.39, 0.29) is 0 Å². The molecule has 0 spiro atoms. The lowest BCUT2D eigenvalue weighted by Crippen LogP contribution is -2.44. The minimum Gasteiger partial charge on any atom is -0.389 e. The van der Waals surface area contributed by atoms with E-state index in [0.29, 0.717) is 13.1 Å². The van der Waals surface area contributed by atoms with E-state index in [1.165, 1.54) is 6.42 Å². The number of aliphatic hydroxyl groups excluding tert-OH is 1. The highest BCUT2D eigenvalue weighted by Crippen LogP contribution is 2.33. The Morgan fingerprint density at radius 2 is 2.10 bits per heavy atom. The van der Waals surface area contributed by atoms with E-state index in [4.69, 9.17) is 0 Å². The van der Waals surface area contributed by atoms with Gasteiger partial charge in [0.05, 0.1) is 11.7 Å². The summed E-state index contributed by atoms with van der Waals surface area (Å²) in [6, 6.07) is 7.70. The summed E-state index contributed by atoms with van der Waals surface area (Å²) in [4.78, 5) is 0. The number of benzene rings is 1. The second kappa shape index (κ2) is 7.73. The van der Waals surface area contributed by atoms with Gasteiger partial charge in [0.25, 0.3) is 0 Å². The Morgan fingerprint density at radius 1 is 1.38 bits per heavy atom. The Bertz CT molecular complexity index is 444. The first kappa shape index (κ1) is 16.9. The zero-order chi connectivity index (χ0) is 15.3. The third kappa shape index (κ3) is 5.06. The summed E-state index contributed by atoms with van der Waals surface area (Å²) in [5.41, 5.74) is 0.293. The molecule has 0 aromatic heterocycles. The van der Waals surface area contributed by atoms with Crippen molar-refractivity contribution in [1.29, 1.82) is 0 Å². The average Bonchev–Trinajstić information content (AvgIpc) is 2.48. The summed E-state index contributed by atoms with van der Waals surface area (Å²) in [5.74, 6) is 0.775. The topological polar surface area (TPSA) is 52.5 Å². The van der Waals surface area contributed by atoms with Gasteiger partial charge in [0, 0.05) is 17.6 Å². The van der Waals surface area contributed by atoms with Gasteiger partial charge in [-0.25, -0.2) is 0 Å². The molecule has 1 aliphatic carbocycles. The van der Waals surface area contributed by atoms with E-state index in [2.05, 4.69) is 28.2 Å². The lowest BCUT2D eigenvalue weighted by molar-refractivity contribution is -0.0105. The smallest absolute Gasteiger partial charge is 0.0914 e. The van der Waals surface area contributed by atoms with Gasteiger partial charge in [-0.15, -0.1) is 0 Å². The minimum atomic E-state index is -0.595. The number of rotatable bonds is 6. The zero-order valence-corrected chi connectivity index (χ0v) is 14.3. The van der Waals surface area contributed by atoms with Crippen LogP contribution in [0.4, 0.5) is 0 Å². The molecule has 1 unspecified atom stereocenters. The van der Waals surface area contributed by atoms with Crippen molar-refractivity contribution in [2.45, 2.75) is 50.7 Å². The van der Waals surface area contributed by atoms with Crippen LogP contribution in [0.25, 0.3) is 0 Å². The molecule has 0 saturated heterocycles. The molecule has 0 bridgehead atoms. The first-order chi connectivity index (χ1) is 10.0. The van der Waals surface area contributed by atoms with Crippen molar-refractivity contribution < 1.29 is 10.2 Å². The normalized spacial score (nSPS) is 27.5. The van der Waals surface area contributed by atoms with Crippen molar-refractivity contribution in [2.24, 2.45) is 5.92 Å². The zero-order valence-electron chi connectivity index (χ0n) is 12.7. The van der Waals surface area contributed by atoms with Gasteiger partial charge in [0.1, 0.15) is 0 Å². The lowest BCUT2D eigenvalue weighted by Gasteiger charge is -2.36. The molecule has 21 heavy (non-hydrogen) atoms. The molecule has 1 aliphatic rings. The predicted octanol–water partition coefficient (Wildman–Crippen LogP) is 3.40. The summed E-state index contributed by atoms with van der Waals surface area (Å²) in [7, 11) is 0. The number of halogens is 1. The quantitative estimate of drug-likeness (QED) is 0.732. The predicted molar refractivity (Wildman–Crippen MR) is 89.2 cm³/mol. The van der Waals surface area contributed by atoms with Gasteiger partial charge in [-0.2, -0.15) is 0 Å². The maximum Gasteiger partial charge on any atom is 0.0914 e. The summed E-state index contributed by atoms with van der Waals surface area (Å²) in [6.07, 6.45) is 4.63. The molecule has 1 aromatic rings. The molecular formula is C17H26BrNO2. The van der Waals surface area contributed by atoms with Crippen LogP contribution >= 0.6 is 15.9 Å². The Kier molecular flexibility index (Phi) is 6.23. The van der Waals surface area contributed by atoms with Crippen molar-refractivity contribution in [3.8, 4) is 0 Å². The SMILES string of the molecule is CCC1CCC(O)(CNCC(O)c2cccc(Br)c2)CC1. The largest absolute Gasteiger partial charge is 0.389 e. The summed E-state index contributed by atoms with van der Waals surface area (Å²) < 4.78 is 0.968. The molecule has 4 heteroatoms. The van der Waals surface area contributed by atoms with Crippen LogP contribution in [0, 0.1) is 5.92 Å². The highest BCUT2D eigenvalue weighted by molar-refractivity contribution is 9.10. The molecule has 3 N–H and O–H groups in total. The lowest BCUT2D eigenvalue weighted by atomic mass is 9.78. The molecule has 0 radical (unpaired) electrons. The minimum absolute atomic E-state index is 0.468. The molecule has 1 fully saturated rings. The van der Waals surface area contributed by atoms with Gasteiger partial charge in [-0.05, 0) is 49.3 Å². The van der Waals surface area contributed by atoms with E-state index in [9.17, 15) is 10.2 Å². The first-order valence-electron chi connectivity index (χ1n) is 7.89. The molecule has 3 nitrogen and oxygen atoms in total. The average molecular weight is 356 g/mol. The number of hydrogen-bond acceptors (Lipinski definition) is 3. The van der Waals surface area contributed by atoms with Crippen molar-refractivity contribution >= 4 is 15.9 Å². The van der Waals surface area contributed by atoms with E-state index < -0.39 is 11.7 Å². The molecule has 0 heterocycles. The van der Waals surface area contributed by atoms with Crippen LogP contribution in [0.5, 0.6) is 0 Å². The maximum atomic E-state index is 10.6. The van der Waals surface area contributed by atoms with Gasteiger partial charge in [-0.3, -0.25) is 0 Å². The molecule has 1 saturated carbocycles. The van der Waals surface area contributed by atoms with Crippen molar-refractivity contribution in [3.05, 3.63) is 34.3 Å². The van der Waals surface area contributed by atoms with Crippen LogP contribution in [0.3, 0.4) is 0 Å². The summed E-state index contributed by atoms with van der Waals surface area (Å²) >= 11 is 3.41. The second-order valence-corrected chi connectivity index (χ2v) is 7.19. The van der Waals surface area contributed by atoms with Crippen LogP contribution in [-0.2, 0) is 0 Å². The molecular weight excluding hydrogens is 330 g/mol. The summed E-state index contributed by atoms with van der Waals surface area (Å²) in [6.45, 7) is 3.26. The van der Waals surface area contributed by atoms with Gasteiger partial charge < -0.3 is 15.5 Å². The fraction of sp³-hybridized carbons (Fsp3) is 0.647. The first-order valence-corrected chi connectivity index (χ1v) is 8.68. The van der Waals surface area contributed by atoms with E-state index in [0.717, 1.165) is 41.6 Å². The van der Waals surface area contributed by atoms with Gasteiger partial charge in [0.15, 0.2) is 0 Å². The van der Waals surface area contributed by atoms with E-state index in [1.807, 2.05) is 24.3 Å². The van der Waals surface area contributed by atoms with Crippen molar-refractivity contribution in [3.63, 3.8) is 0 Å². The number of aliphatic hydroxyl groups is 2. The maximum absolute atomic E-state index is 10.6. The Balaban J connectivity index is 1.76. The van der Waals surface area contributed by atoms with Crippen LogP contribution in [0.15, 0.2) is 28.7 Å². The van der Waals surface area contributed by atoms with Crippen LogP contribution in [0.1, 0.15) is 50.7 Å². The molecule has 2 rings (SSSR count). The standard InChI is InChI=1S/C17H26BrNO2/c1-2-13-6-8-17(21,9-7-13)12-19-11-16(20)14-4-3-5-15(18)10-14/h3-5,10,13,16,19-21H,2,6-9,11-12H2,1H3. The monoisotopic (exact) mass is 355 g/mol. The van der Waals surface area contributed by atoms with Crippen LogP contribution in [0.2, 0.25) is 0 Å². The molecule has 1 aromatic carbocycles. The number of nitrogens with one attached hydrogen (secondary N) is 1. The van der Waals surface area contributed by atoms with Crippen molar-refractivity contribution in [1.82, 2.24) is 5.32 Å². The molecule has 0 amide bonds. The fourth-order valence-corrected chi connectivity index (χ4v) is 3.49. The third-order valence-corrected chi connectivity index (χ3v) is 5.13. The summed E-state index contributed by atoms with van der Waals surface area (Å²) in [5, 5.41) is 24.0. The molecule has 1 atom stereocenters. The second-order valence-electron chi connectivity index (χ2n) is 6.28.